The summed E-state index contributed by atoms with van der Waals surface area (Å²) in [6.45, 7) is 1.92. The van der Waals surface area contributed by atoms with Crippen LogP contribution in [0.25, 0.3) is 17.0 Å². The molecule has 4 aromatic rings. The van der Waals surface area contributed by atoms with Gasteiger partial charge in [0.15, 0.2) is 11.5 Å². The maximum Gasteiger partial charge on any atom is 0.234 e. The van der Waals surface area contributed by atoms with Crippen LogP contribution in [0.2, 0.25) is 5.02 Å². The Labute approximate surface area is 170 Å². The van der Waals surface area contributed by atoms with E-state index in [0.29, 0.717) is 27.2 Å². The molecule has 0 aliphatic heterocycles. The average molecular weight is 410 g/mol. The highest BCUT2D eigenvalue weighted by Crippen LogP contribution is 2.22. The standard InChI is InChI=1S/C20H16ClN5OS/c1-13-7-8-15(11-16(13)21)22-18(27)12-28-19-10-9-17-23-24-20(26(17)25-19)14-5-3-2-4-6-14/h2-11H,12H2,1H3,(H,22,27). The highest BCUT2D eigenvalue weighted by molar-refractivity contribution is 7.99. The fourth-order valence-corrected chi connectivity index (χ4v) is 3.46. The summed E-state index contributed by atoms with van der Waals surface area (Å²) in [6.07, 6.45) is 0. The van der Waals surface area contributed by atoms with Crippen molar-refractivity contribution in [2.24, 2.45) is 0 Å². The van der Waals surface area contributed by atoms with Crippen molar-refractivity contribution in [3.05, 3.63) is 71.2 Å². The minimum Gasteiger partial charge on any atom is -0.325 e. The second kappa shape index (κ2) is 8.00. The number of nitrogens with zero attached hydrogens (tertiary/aromatic N) is 4. The molecule has 0 aliphatic rings. The van der Waals surface area contributed by atoms with Gasteiger partial charge in [0.25, 0.3) is 0 Å². The summed E-state index contributed by atoms with van der Waals surface area (Å²) < 4.78 is 1.69. The fraction of sp³-hybridized carbons (Fsp3) is 0.100. The first-order valence-electron chi connectivity index (χ1n) is 8.57. The Bertz CT molecular complexity index is 1150. The summed E-state index contributed by atoms with van der Waals surface area (Å²) in [5, 5.41) is 17.1. The lowest BCUT2D eigenvalue weighted by atomic mass is 10.2. The second-order valence-electron chi connectivity index (χ2n) is 6.13. The largest absolute Gasteiger partial charge is 0.325 e. The van der Waals surface area contributed by atoms with Gasteiger partial charge in [0.05, 0.1) is 5.75 Å². The summed E-state index contributed by atoms with van der Waals surface area (Å²) in [7, 11) is 0. The molecule has 0 saturated carbocycles. The number of aryl methyl sites for hydroxylation is 1. The number of carbonyl (C=O) groups is 1. The number of amides is 1. The van der Waals surface area contributed by atoms with Crippen LogP contribution in [0.15, 0.2) is 65.7 Å². The third kappa shape index (κ3) is 4.00. The lowest BCUT2D eigenvalue weighted by Gasteiger charge is -2.07. The van der Waals surface area contributed by atoms with Crippen molar-refractivity contribution in [3.63, 3.8) is 0 Å². The molecule has 2 aromatic carbocycles. The maximum absolute atomic E-state index is 12.2. The molecule has 0 fully saturated rings. The first-order valence-corrected chi connectivity index (χ1v) is 9.93. The SMILES string of the molecule is Cc1ccc(NC(=O)CSc2ccc3nnc(-c4ccccc4)n3n2)cc1Cl. The van der Waals surface area contributed by atoms with Crippen molar-refractivity contribution < 1.29 is 4.79 Å². The summed E-state index contributed by atoms with van der Waals surface area (Å²) in [4.78, 5) is 12.2. The van der Waals surface area contributed by atoms with Gasteiger partial charge in [-0.05, 0) is 36.8 Å². The van der Waals surface area contributed by atoms with E-state index in [0.717, 1.165) is 11.1 Å². The van der Waals surface area contributed by atoms with E-state index < -0.39 is 0 Å². The summed E-state index contributed by atoms with van der Waals surface area (Å²) in [5.41, 5.74) is 3.23. The van der Waals surface area contributed by atoms with E-state index in [1.807, 2.05) is 61.5 Å². The van der Waals surface area contributed by atoms with Crippen LogP contribution in [0.3, 0.4) is 0 Å². The molecule has 28 heavy (non-hydrogen) atoms. The van der Waals surface area contributed by atoms with Crippen LogP contribution in [0.5, 0.6) is 0 Å². The smallest absolute Gasteiger partial charge is 0.234 e. The van der Waals surface area contributed by atoms with Crippen LogP contribution in [-0.2, 0) is 4.79 Å². The predicted molar refractivity (Wildman–Crippen MR) is 112 cm³/mol. The number of benzene rings is 2. The summed E-state index contributed by atoms with van der Waals surface area (Å²) in [5.74, 6) is 0.767. The predicted octanol–water partition coefficient (Wildman–Crippen LogP) is 4.48. The Kier molecular flexibility index (Phi) is 5.27. The molecule has 1 amide bonds. The van der Waals surface area contributed by atoms with E-state index in [-0.39, 0.29) is 11.7 Å². The van der Waals surface area contributed by atoms with E-state index in [4.69, 9.17) is 11.6 Å². The van der Waals surface area contributed by atoms with E-state index in [1.165, 1.54) is 11.8 Å². The number of aromatic nitrogens is 4. The molecule has 0 radical (unpaired) electrons. The molecule has 0 spiro atoms. The highest BCUT2D eigenvalue weighted by Gasteiger charge is 2.11. The number of halogens is 1. The molecule has 4 rings (SSSR count). The molecular formula is C20H16ClN5OS. The van der Waals surface area contributed by atoms with Crippen molar-refractivity contribution in [3.8, 4) is 11.4 Å². The van der Waals surface area contributed by atoms with Crippen LogP contribution in [-0.4, -0.2) is 31.5 Å². The molecule has 6 nitrogen and oxygen atoms in total. The molecule has 1 N–H and O–H groups in total. The topological polar surface area (TPSA) is 72.2 Å². The minimum absolute atomic E-state index is 0.126. The van der Waals surface area contributed by atoms with Gasteiger partial charge in [0.2, 0.25) is 5.91 Å². The van der Waals surface area contributed by atoms with Crippen LogP contribution in [0.1, 0.15) is 5.56 Å². The molecule has 0 aliphatic carbocycles. The van der Waals surface area contributed by atoms with E-state index in [2.05, 4.69) is 20.6 Å². The van der Waals surface area contributed by atoms with Crippen LogP contribution in [0.4, 0.5) is 5.69 Å². The van der Waals surface area contributed by atoms with Crippen molar-refractivity contribution in [2.75, 3.05) is 11.1 Å². The Morgan fingerprint density at radius 1 is 1.11 bits per heavy atom. The summed E-state index contributed by atoms with van der Waals surface area (Å²) in [6, 6.07) is 18.9. The van der Waals surface area contributed by atoms with Gasteiger partial charge in [-0.2, -0.15) is 9.61 Å². The number of hydrogen-bond acceptors (Lipinski definition) is 5. The average Bonchev–Trinajstić information content (AvgIpc) is 3.13. The zero-order valence-electron chi connectivity index (χ0n) is 15.0. The molecule has 8 heteroatoms. The van der Waals surface area contributed by atoms with Crippen LogP contribution in [0, 0.1) is 6.92 Å². The Morgan fingerprint density at radius 3 is 2.71 bits per heavy atom. The first-order chi connectivity index (χ1) is 13.6. The van der Waals surface area contributed by atoms with Gasteiger partial charge < -0.3 is 5.32 Å². The van der Waals surface area contributed by atoms with Gasteiger partial charge in [-0.1, -0.05) is 59.8 Å². The number of rotatable bonds is 5. The monoisotopic (exact) mass is 409 g/mol. The Morgan fingerprint density at radius 2 is 1.93 bits per heavy atom. The molecule has 0 unspecified atom stereocenters. The molecule has 140 valence electrons. The van der Waals surface area contributed by atoms with Gasteiger partial charge in [0.1, 0.15) is 5.03 Å². The molecule has 0 atom stereocenters. The molecule has 0 saturated heterocycles. The van der Waals surface area contributed by atoms with Crippen molar-refractivity contribution in [2.45, 2.75) is 11.9 Å². The lowest BCUT2D eigenvalue weighted by Crippen LogP contribution is -2.14. The zero-order chi connectivity index (χ0) is 19.5. The third-order valence-corrected chi connectivity index (χ3v) is 5.40. The normalized spacial score (nSPS) is 10.9. The number of fused-ring (bicyclic) bond motifs is 1. The number of carbonyl (C=O) groups excluding carboxylic acids is 1. The van der Waals surface area contributed by atoms with E-state index in [9.17, 15) is 4.79 Å². The summed E-state index contributed by atoms with van der Waals surface area (Å²) >= 11 is 7.44. The Hall–Kier alpha value is -2.90. The van der Waals surface area contributed by atoms with E-state index in [1.54, 1.807) is 10.6 Å². The molecule has 2 aromatic heterocycles. The van der Waals surface area contributed by atoms with Gasteiger partial charge in [-0.25, -0.2) is 0 Å². The fourth-order valence-electron chi connectivity index (χ4n) is 2.62. The van der Waals surface area contributed by atoms with Gasteiger partial charge in [-0.15, -0.1) is 10.2 Å². The Balaban J connectivity index is 1.47. The van der Waals surface area contributed by atoms with Gasteiger partial charge in [-0.3, -0.25) is 4.79 Å². The number of anilines is 1. The van der Waals surface area contributed by atoms with Crippen molar-refractivity contribution >= 4 is 40.6 Å². The van der Waals surface area contributed by atoms with Gasteiger partial charge in [0, 0.05) is 16.3 Å². The second-order valence-corrected chi connectivity index (χ2v) is 7.53. The lowest BCUT2D eigenvalue weighted by molar-refractivity contribution is -0.113. The number of hydrogen-bond donors (Lipinski definition) is 1. The quantitative estimate of drug-likeness (QED) is 0.492. The number of thioether (sulfide) groups is 1. The molecular weight excluding hydrogens is 394 g/mol. The third-order valence-electron chi connectivity index (χ3n) is 4.08. The molecule has 2 heterocycles. The minimum atomic E-state index is -0.126. The van der Waals surface area contributed by atoms with Gasteiger partial charge >= 0.3 is 0 Å². The zero-order valence-corrected chi connectivity index (χ0v) is 16.5. The van der Waals surface area contributed by atoms with E-state index >= 15 is 0 Å². The van der Waals surface area contributed by atoms with Crippen LogP contribution < -0.4 is 5.32 Å². The van der Waals surface area contributed by atoms with Crippen molar-refractivity contribution in [1.82, 2.24) is 19.8 Å². The maximum atomic E-state index is 12.2. The number of nitrogens with one attached hydrogen (secondary N) is 1. The molecule has 0 bridgehead atoms. The first kappa shape index (κ1) is 18.5. The highest BCUT2D eigenvalue weighted by atomic mass is 35.5. The van der Waals surface area contributed by atoms with Crippen LogP contribution >= 0.6 is 23.4 Å². The van der Waals surface area contributed by atoms with Crippen molar-refractivity contribution in [1.29, 1.82) is 0 Å².